The summed E-state index contributed by atoms with van der Waals surface area (Å²) >= 11 is 0. The summed E-state index contributed by atoms with van der Waals surface area (Å²) in [4.78, 5) is 30.9. The molecule has 0 saturated carbocycles. The van der Waals surface area contributed by atoms with Gasteiger partial charge in [-0.25, -0.2) is 0 Å². The lowest BCUT2D eigenvalue weighted by molar-refractivity contribution is -0.152. The summed E-state index contributed by atoms with van der Waals surface area (Å²) in [7, 11) is 1.52. The number of hydrogen-bond donors (Lipinski definition) is 0. The van der Waals surface area contributed by atoms with Crippen molar-refractivity contribution < 1.29 is 32.2 Å². The van der Waals surface area contributed by atoms with Crippen LogP contribution in [0.2, 0.25) is 0 Å². The average Bonchev–Trinajstić information content (AvgIpc) is 3.59. The molecule has 1 unspecified atom stereocenters. The number of halogens is 5. The minimum atomic E-state index is -4.74. The van der Waals surface area contributed by atoms with Crippen LogP contribution in [-0.2, 0) is 27.0 Å². The van der Waals surface area contributed by atoms with Gasteiger partial charge in [0, 0.05) is 69.8 Å². The summed E-state index contributed by atoms with van der Waals surface area (Å²) in [5.41, 5.74) is 3.13. The van der Waals surface area contributed by atoms with Crippen molar-refractivity contribution in [3.63, 3.8) is 0 Å². The molecule has 3 heterocycles. The molecule has 4 aromatic rings. The number of aromatic nitrogens is 4. The van der Waals surface area contributed by atoms with Crippen molar-refractivity contribution in [1.29, 1.82) is 0 Å². The molecule has 6 rings (SSSR count). The lowest BCUT2D eigenvalue weighted by atomic mass is 9.81. The average molecular weight is 737 g/mol. The molecule has 2 saturated heterocycles. The SMILES string of the molecule is COc1ccc(-n2nnnc2C(F)(F)F)cc1CN1CC(C(c2ccccc2)c2ccccc2)N2CCN(C(=O)COC(C)=O)C[C@H]2C1.Cl.Cl. The first-order valence-electron chi connectivity index (χ1n) is 15.6. The van der Waals surface area contributed by atoms with Gasteiger partial charge in [-0.2, -0.15) is 17.9 Å². The predicted molar refractivity (Wildman–Crippen MR) is 183 cm³/mol. The molecule has 11 nitrogen and oxygen atoms in total. The smallest absolute Gasteiger partial charge is 0.453 e. The van der Waals surface area contributed by atoms with Gasteiger partial charge < -0.3 is 14.4 Å². The van der Waals surface area contributed by atoms with Gasteiger partial charge in [0.1, 0.15) is 5.75 Å². The van der Waals surface area contributed by atoms with Gasteiger partial charge in [0.2, 0.25) is 0 Å². The number of methoxy groups -OCH3 is 1. The van der Waals surface area contributed by atoms with Crippen LogP contribution in [0.4, 0.5) is 13.2 Å². The lowest BCUT2D eigenvalue weighted by Gasteiger charge is -2.53. The Labute approximate surface area is 300 Å². The van der Waals surface area contributed by atoms with Crippen molar-refractivity contribution in [1.82, 2.24) is 34.9 Å². The highest BCUT2D eigenvalue weighted by molar-refractivity contribution is 5.85. The van der Waals surface area contributed by atoms with E-state index < -0.39 is 18.0 Å². The summed E-state index contributed by atoms with van der Waals surface area (Å²) in [5, 5.41) is 10.1. The molecule has 50 heavy (non-hydrogen) atoms. The number of tetrazole rings is 1. The fourth-order valence-electron chi connectivity index (χ4n) is 6.87. The van der Waals surface area contributed by atoms with Gasteiger partial charge in [-0.15, -0.1) is 29.9 Å². The Morgan fingerprint density at radius 2 is 1.58 bits per heavy atom. The molecule has 0 radical (unpaired) electrons. The van der Waals surface area contributed by atoms with Crippen LogP contribution >= 0.6 is 24.8 Å². The normalized spacial score (nSPS) is 18.1. The summed E-state index contributed by atoms with van der Waals surface area (Å²) in [5.74, 6) is -1.48. The molecule has 268 valence electrons. The zero-order valence-electron chi connectivity index (χ0n) is 27.4. The van der Waals surface area contributed by atoms with Gasteiger partial charge in [-0.1, -0.05) is 60.7 Å². The van der Waals surface area contributed by atoms with Gasteiger partial charge >= 0.3 is 12.1 Å². The Hall–Kier alpha value is -4.24. The van der Waals surface area contributed by atoms with Gasteiger partial charge in [-0.3, -0.25) is 19.4 Å². The number of nitrogens with zero attached hydrogens (tertiary/aromatic N) is 7. The summed E-state index contributed by atoms with van der Waals surface area (Å²) < 4.78 is 52.3. The van der Waals surface area contributed by atoms with E-state index in [4.69, 9.17) is 9.47 Å². The number of benzene rings is 3. The second-order valence-electron chi connectivity index (χ2n) is 12.0. The Morgan fingerprint density at radius 1 is 0.920 bits per heavy atom. The largest absolute Gasteiger partial charge is 0.496 e. The van der Waals surface area contributed by atoms with E-state index in [0.29, 0.717) is 55.3 Å². The quantitative estimate of drug-likeness (QED) is 0.228. The summed E-state index contributed by atoms with van der Waals surface area (Å²) in [6, 6.07) is 25.2. The predicted octanol–water partition coefficient (Wildman–Crippen LogP) is 4.63. The fourth-order valence-corrected chi connectivity index (χ4v) is 6.87. The van der Waals surface area contributed by atoms with Crippen molar-refractivity contribution in [2.24, 2.45) is 0 Å². The van der Waals surface area contributed by atoms with Crippen LogP contribution in [0.3, 0.4) is 0 Å². The number of ether oxygens (including phenoxy) is 2. The van der Waals surface area contributed by atoms with E-state index in [2.05, 4.69) is 49.6 Å². The molecule has 16 heteroatoms. The zero-order chi connectivity index (χ0) is 33.8. The Morgan fingerprint density at radius 3 is 2.18 bits per heavy atom. The van der Waals surface area contributed by atoms with Crippen molar-refractivity contribution >= 4 is 36.7 Å². The third kappa shape index (κ3) is 8.55. The number of alkyl halides is 3. The van der Waals surface area contributed by atoms with Gasteiger partial charge in [0.15, 0.2) is 6.61 Å². The first kappa shape index (κ1) is 38.6. The van der Waals surface area contributed by atoms with Gasteiger partial charge in [0.05, 0.1) is 12.8 Å². The number of piperazine rings is 2. The van der Waals surface area contributed by atoms with E-state index in [1.807, 2.05) is 36.4 Å². The van der Waals surface area contributed by atoms with E-state index >= 15 is 0 Å². The highest BCUT2D eigenvalue weighted by Gasteiger charge is 2.43. The molecule has 3 aromatic carbocycles. The molecule has 2 aliphatic rings. The molecule has 0 N–H and O–H groups in total. The minimum Gasteiger partial charge on any atom is -0.496 e. The Kier molecular flexibility index (Phi) is 12.8. The fraction of sp³-hybridized carbons (Fsp3) is 0.382. The van der Waals surface area contributed by atoms with Crippen molar-refractivity contribution in [3.8, 4) is 11.4 Å². The van der Waals surface area contributed by atoms with Gasteiger partial charge in [0.25, 0.3) is 11.7 Å². The first-order chi connectivity index (χ1) is 23.1. The number of hydrogen-bond acceptors (Lipinski definition) is 9. The molecular formula is C34H38Cl2F3N7O4. The third-order valence-electron chi connectivity index (χ3n) is 8.95. The van der Waals surface area contributed by atoms with E-state index in [1.54, 1.807) is 17.0 Å². The number of amides is 1. The molecular weight excluding hydrogens is 698 g/mol. The maximum absolute atomic E-state index is 13.7. The lowest BCUT2D eigenvalue weighted by Crippen LogP contribution is -2.67. The maximum Gasteiger partial charge on any atom is 0.453 e. The van der Waals surface area contributed by atoms with E-state index in [-0.39, 0.29) is 61.0 Å². The minimum absolute atomic E-state index is 0. The number of fused-ring (bicyclic) bond motifs is 1. The number of rotatable bonds is 9. The molecule has 1 aromatic heterocycles. The van der Waals surface area contributed by atoms with Crippen LogP contribution in [-0.4, -0.2) is 105 Å². The highest BCUT2D eigenvalue weighted by atomic mass is 35.5. The second-order valence-corrected chi connectivity index (χ2v) is 12.0. The first-order valence-corrected chi connectivity index (χ1v) is 15.6. The molecule has 0 aliphatic carbocycles. The highest BCUT2D eigenvalue weighted by Crippen LogP contribution is 2.37. The van der Waals surface area contributed by atoms with Crippen LogP contribution in [0.5, 0.6) is 5.75 Å². The van der Waals surface area contributed by atoms with E-state index in [0.717, 1.165) is 11.1 Å². The molecule has 2 fully saturated rings. The van der Waals surface area contributed by atoms with Crippen LogP contribution in [0.15, 0.2) is 78.9 Å². The van der Waals surface area contributed by atoms with E-state index in [9.17, 15) is 22.8 Å². The van der Waals surface area contributed by atoms with Crippen LogP contribution in [0, 0.1) is 0 Å². The van der Waals surface area contributed by atoms with Crippen LogP contribution in [0.25, 0.3) is 5.69 Å². The standard InChI is InChI=1S/C34H36F3N7O4.2ClH/c1-23(45)48-22-31(46)42-15-16-43-28(20-42)19-41(21-29(43)32(24-9-5-3-6-10-24)25-11-7-4-8-12-25)18-26-17-27(13-14-30(26)47-2)44-33(34(35,36)37)38-39-40-44;;/h3-14,17,28-29,32H,15-16,18-22H2,1-2H3;2*1H/t28-,29?;;/m1../s1. The van der Waals surface area contributed by atoms with Crippen molar-refractivity contribution in [2.45, 2.75) is 37.6 Å². The van der Waals surface area contributed by atoms with E-state index in [1.165, 1.54) is 20.1 Å². The van der Waals surface area contributed by atoms with Crippen molar-refractivity contribution in [3.05, 3.63) is 101 Å². The van der Waals surface area contributed by atoms with Crippen LogP contribution < -0.4 is 4.74 Å². The molecule has 1 amide bonds. The molecule has 2 aliphatic heterocycles. The number of carbonyl (C=O) groups excluding carboxylic acids is 2. The molecule has 0 bridgehead atoms. The molecule has 0 spiro atoms. The summed E-state index contributed by atoms with van der Waals surface area (Å²) in [6.07, 6.45) is -4.74. The monoisotopic (exact) mass is 735 g/mol. The van der Waals surface area contributed by atoms with Crippen LogP contribution in [0.1, 0.15) is 35.4 Å². The maximum atomic E-state index is 13.7. The third-order valence-corrected chi connectivity index (χ3v) is 8.95. The van der Waals surface area contributed by atoms with Crippen molar-refractivity contribution in [2.75, 3.05) is 46.4 Å². The second kappa shape index (κ2) is 16.6. The number of carbonyl (C=O) groups is 2. The number of esters is 1. The zero-order valence-corrected chi connectivity index (χ0v) is 29.0. The van der Waals surface area contributed by atoms with Gasteiger partial charge in [-0.05, 0) is 39.8 Å². The Bertz CT molecular complexity index is 1690. The Balaban J connectivity index is 0.00000281. The molecule has 2 atom stereocenters. The topological polar surface area (TPSA) is 106 Å². The summed E-state index contributed by atoms with van der Waals surface area (Å²) in [6.45, 7) is 4.09.